The van der Waals surface area contributed by atoms with Crippen LogP contribution >= 0.6 is 23.2 Å². The summed E-state index contributed by atoms with van der Waals surface area (Å²) in [6.45, 7) is 6.28. The highest BCUT2D eigenvalue weighted by Crippen LogP contribution is 2.42. The van der Waals surface area contributed by atoms with Gasteiger partial charge in [-0.25, -0.2) is 14.3 Å². The Morgan fingerprint density at radius 1 is 0.983 bits per heavy atom. The standard InChI is InChI=1S/C43H49Cl2N7O6/c1-43(2,3)58-42(56)51(24-28-15-19-37(54)47-28)22-25-12-18-34(48-40(25)57-5)33-11-7-10-32(39(33)45)31-9-6-8-30(38(31)44)26-20-35-41(55)50(4)36(49-52(35)23-26)21-46-27-13-16-29(53)17-14-27/h6-12,18,20,23,27-29,46,53H,13-17,19,21-22,24H2,1-5H3,(H,47,54)/t27?,28-,29?/m0/s1. The number of carbonyl (C=O) groups excluding carboxylic acids is 2. The third-order valence-corrected chi connectivity index (χ3v) is 11.5. The van der Waals surface area contributed by atoms with E-state index in [4.69, 9.17) is 42.8 Å². The summed E-state index contributed by atoms with van der Waals surface area (Å²) in [7, 11) is 3.24. The molecule has 306 valence electrons. The molecular weight excluding hydrogens is 781 g/mol. The smallest absolute Gasteiger partial charge is 0.410 e. The molecule has 1 aliphatic heterocycles. The topological polar surface area (TPSA) is 152 Å². The van der Waals surface area contributed by atoms with Crippen LogP contribution in [0.3, 0.4) is 0 Å². The molecule has 1 saturated carbocycles. The molecule has 58 heavy (non-hydrogen) atoms. The number of carbonyl (C=O) groups is 2. The number of aliphatic hydroxyl groups excluding tert-OH is 1. The molecule has 0 unspecified atom stereocenters. The first kappa shape index (κ1) is 41.2. The highest BCUT2D eigenvalue weighted by atomic mass is 35.5. The lowest BCUT2D eigenvalue weighted by Gasteiger charge is -2.29. The Bertz CT molecular complexity index is 2400. The molecule has 3 N–H and O–H groups in total. The number of pyridine rings is 1. The van der Waals surface area contributed by atoms with E-state index in [0.717, 1.165) is 31.2 Å². The molecule has 1 saturated heterocycles. The number of nitrogens with one attached hydrogen (secondary N) is 2. The summed E-state index contributed by atoms with van der Waals surface area (Å²) in [4.78, 5) is 45.1. The van der Waals surface area contributed by atoms with Gasteiger partial charge in [0.25, 0.3) is 5.56 Å². The lowest BCUT2D eigenvalue weighted by Crippen LogP contribution is -2.43. The zero-order valence-electron chi connectivity index (χ0n) is 33.3. The summed E-state index contributed by atoms with van der Waals surface area (Å²) < 4.78 is 14.6. The molecule has 0 radical (unpaired) electrons. The van der Waals surface area contributed by atoms with Gasteiger partial charge in [0, 0.05) is 71.7 Å². The zero-order valence-corrected chi connectivity index (χ0v) is 34.9. The molecule has 4 heterocycles. The van der Waals surface area contributed by atoms with Crippen molar-refractivity contribution in [2.45, 2.75) is 96.2 Å². The summed E-state index contributed by atoms with van der Waals surface area (Å²) >= 11 is 14.3. The van der Waals surface area contributed by atoms with Crippen LogP contribution in [0.5, 0.6) is 5.88 Å². The monoisotopic (exact) mass is 829 g/mol. The number of ether oxygens (including phenoxy) is 2. The molecule has 0 spiro atoms. The maximum absolute atomic E-state index is 13.5. The molecule has 2 aromatic carbocycles. The Hall–Kier alpha value is -4.95. The number of hydrogen-bond acceptors (Lipinski definition) is 9. The second-order valence-electron chi connectivity index (χ2n) is 16.1. The van der Waals surface area contributed by atoms with E-state index in [1.54, 1.807) is 27.1 Å². The van der Waals surface area contributed by atoms with Crippen molar-refractivity contribution in [3.8, 4) is 39.4 Å². The summed E-state index contributed by atoms with van der Waals surface area (Å²) in [6.07, 6.45) is 5.40. The van der Waals surface area contributed by atoms with Crippen LogP contribution in [0.1, 0.15) is 70.7 Å². The average molecular weight is 831 g/mol. The summed E-state index contributed by atoms with van der Waals surface area (Å²) in [5, 5.41) is 22.0. The van der Waals surface area contributed by atoms with Gasteiger partial charge < -0.3 is 30.1 Å². The normalized spacial score (nSPS) is 18.3. The molecule has 2 fully saturated rings. The fraction of sp³-hybridized carbons (Fsp3) is 0.419. The Morgan fingerprint density at radius 3 is 2.31 bits per heavy atom. The molecule has 5 aromatic rings. The maximum atomic E-state index is 13.5. The number of hydrogen-bond donors (Lipinski definition) is 3. The molecular formula is C43H49Cl2N7O6. The Morgan fingerprint density at radius 2 is 1.66 bits per heavy atom. The van der Waals surface area contributed by atoms with Gasteiger partial charge in [-0.05, 0) is 71.1 Å². The zero-order chi connectivity index (χ0) is 41.3. The second kappa shape index (κ2) is 17.1. The molecule has 1 atom stereocenters. The van der Waals surface area contributed by atoms with E-state index in [-0.39, 0.29) is 42.7 Å². The predicted molar refractivity (Wildman–Crippen MR) is 224 cm³/mol. The van der Waals surface area contributed by atoms with Crippen molar-refractivity contribution in [3.05, 3.63) is 92.6 Å². The van der Waals surface area contributed by atoms with E-state index < -0.39 is 11.7 Å². The maximum Gasteiger partial charge on any atom is 0.410 e. The van der Waals surface area contributed by atoms with Crippen molar-refractivity contribution < 1.29 is 24.2 Å². The number of aliphatic hydroxyl groups is 1. The van der Waals surface area contributed by atoms with E-state index in [1.165, 1.54) is 7.11 Å². The second-order valence-corrected chi connectivity index (χ2v) is 16.8. The first-order valence-corrected chi connectivity index (χ1v) is 20.3. The first-order valence-electron chi connectivity index (χ1n) is 19.6. The first-order chi connectivity index (χ1) is 27.7. The van der Waals surface area contributed by atoms with Crippen molar-refractivity contribution in [2.24, 2.45) is 7.05 Å². The van der Waals surface area contributed by atoms with E-state index in [9.17, 15) is 19.5 Å². The van der Waals surface area contributed by atoms with E-state index in [1.807, 2.05) is 75.5 Å². The van der Waals surface area contributed by atoms with Gasteiger partial charge in [0.05, 0.1) is 42.0 Å². The van der Waals surface area contributed by atoms with Crippen LogP contribution in [0, 0.1) is 0 Å². The number of nitrogens with zero attached hydrogens (tertiary/aromatic N) is 5. The van der Waals surface area contributed by atoms with Gasteiger partial charge in [0.2, 0.25) is 11.8 Å². The molecule has 3 aromatic heterocycles. The van der Waals surface area contributed by atoms with Gasteiger partial charge in [-0.15, -0.1) is 0 Å². The number of rotatable bonds is 11. The fourth-order valence-electron chi connectivity index (χ4n) is 7.62. The molecule has 0 bridgehead atoms. The van der Waals surface area contributed by atoms with E-state index in [0.29, 0.717) is 80.2 Å². The van der Waals surface area contributed by atoms with Crippen LogP contribution in [0.25, 0.3) is 39.0 Å². The largest absolute Gasteiger partial charge is 0.481 e. The van der Waals surface area contributed by atoms with Crippen LogP contribution in [0.2, 0.25) is 10.0 Å². The van der Waals surface area contributed by atoms with Gasteiger partial charge in [-0.2, -0.15) is 5.10 Å². The predicted octanol–water partition coefficient (Wildman–Crippen LogP) is 7.15. The summed E-state index contributed by atoms with van der Waals surface area (Å²) in [5.74, 6) is 0.881. The lowest BCUT2D eigenvalue weighted by molar-refractivity contribution is -0.119. The molecule has 15 heteroatoms. The third kappa shape index (κ3) is 9.02. The Balaban J connectivity index is 1.15. The highest BCUT2D eigenvalue weighted by Gasteiger charge is 2.30. The average Bonchev–Trinajstić information content (AvgIpc) is 3.81. The van der Waals surface area contributed by atoms with Gasteiger partial charge in [0.15, 0.2) is 0 Å². The molecule has 2 aliphatic rings. The van der Waals surface area contributed by atoms with Gasteiger partial charge in [-0.1, -0.05) is 59.6 Å². The van der Waals surface area contributed by atoms with E-state index >= 15 is 0 Å². The number of halogens is 2. The van der Waals surface area contributed by atoms with Gasteiger partial charge in [0.1, 0.15) is 16.9 Å². The highest BCUT2D eigenvalue weighted by molar-refractivity contribution is 6.39. The van der Waals surface area contributed by atoms with Crippen molar-refractivity contribution in [3.63, 3.8) is 0 Å². The minimum Gasteiger partial charge on any atom is -0.481 e. The van der Waals surface area contributed by atoms with Crippen LogP contribution in [0.15, 0.2) is 65.6 Å². The fourth-order valence-corrected chi connectivity index (χ4v) is 8.29. The summed E-state index contributed by atoms with van der Waals surface area (Å²) in [5.41, 5.74) is 4.22. The van der Waals surface area contributed by atoms with Crippen molar-refractivity contribution in [1.82, 2.24) is 34.7 Å². The molecule has 7 rings (SSSR count). The van der Waals surface area contributed by atoms with Crippen molar-refractivity contribution in [2.75, 3.05) is 13.7 Å². The number of amides is 2. The molecule has 2 amide bonds. The minimum absolute atomic E-state index is 0.0384. The lowest BCUT2D eigenvalue weighted by atomic mass is 9.93. The van der Waals surface area contributed by atoms with Crippen molar-refractivity contribution >= 4 is 40.7 Å². The van der Waals surface area contributed by atoms with Crippen molar-refractivity contribution in [1.29, 1.82) is 0 Å². The molecule has 1 aliphatic carbocycles. The van der Waals surface area contributed by atoms with E-state index in [2.05, 4.69) is 10.6 Å². The number of fused-ring (bicyclic) bond motifs is 1. The van der Waals surface area contributed by atoms with Crippen LogP contribution < -0.4 is 20.9 Å². The number of methoxy groups -OCH3 is 1. The number of benzene rings is 2. The summed E-state index contributed by atoms with van der Waals surface area (Å²) in [6, 6.07) is 16.9. The Kier molecular flexibility index (Phi) is 12.2. The number of aromatic nitrogens is 4. The van der Waals surface area contributed by atoms with Gasteiger partial charge >= 0.3 is 6.09 Å². The molecule has 13 nitrogen and oxygen atoms in total. The quantitative estimate of drug-likeness (QED) is 0.126. The SMILES string of the molecule is COc1nc(-c2cccc(-c3cccc(-c4cc5c(=O)n(C)c(CNC6CCC(O)CC6)nn5c4)c3Cl)c2Cl)ccc1CN(C[C@@H]1CCC(=O)N1)C(=O)OC(C)(C)C. The Labute approximate surface area is 347 Å². The van der Waals surface area contributed by atoms with Crippen LogP contribution in [-0.2, 0) is 29.7 Å². The minimum atomic E-state index is -0.708. The van der Waals surface area contributed by atoms with Crippen LogP contribution in [-0.4, -0.2) is 78.6 Å². The van der Waals surface area contributed by atoms with Crippen LogP contribution in [0.4, 0.5) is 4.79 Å². The van der Waals surface area contributed by atoms with Gasteiger partial charge in [-0.3, -0.25) is 14.2 Å². The third-order valence-electron chi connectivity index (χ3n) is 10.7.